The molecule has 5 nitrogen and oxygen atoms in total. The highest BCUT2D eigenvalue weighted by molar-refractivity contribution is 6.30. The summed E-state index contributed by atoms with van der Waals surface area (Å²) in [4.78, 5) is 28.2. The van der Waals surface area contributed by atoms with Crippen molar-refractivity contribution in [3.8, 4) is 5.75 Å². The summed E-state index contributed by atoms with van der Waals surface area (Å²) in [5.41, 5.74) is 2.98. The first kappa shape index (κ1) is 18.1. The Labute approximate surface area is 165 Å². The van der Waals surface area contributed by atoms with Crippen molar-refractivity contribution in [2.75, 3.05) is 11.9 Å². The minimum Gasteiger partial charge on any atom is -0.484 e. The number of nitrogens with one attached hydrogen (secondary N) is 2. The van der Waals surface area contributed by atoms with Crippen molar-refractivity contribution >= 4 is 45.0 Å². The summed E-state index contributed by atoms with van der Waals surface area (Å²) in [5, 5.41) is 4.53. The Kier molecular flexibility index (Phi) is 4.75. The molecule has 2 N–H and O–H groups in total. The number of anilines is 1. The van der Waals surface area contributed by atoms with Crippen LogP contribution in [0.25, 0.3) is 21.8 Å². The average Bonchev–Trinajstić information content (AvgIpc) is 2.69. The summed E-state index contributed by atoms with van der Waals surface area (Å²) in [6, 6.07) is 17.7. The van der Waals surface area contributed by atoms with E-state index in [1.54, 1.807) is 42.5 Å². The minimum atomic E-state index is -0.294. The van der Waals surface area contributed by atoms with Crippen molar-refractivity contribution in [1.29, 1.82) is 0 Å². The monoisotopic (exact) mass is 392 g/mol. The fourth-order valence-corrected chi connectivity index (χ4v) is 3.32. The Bertz CT molecular complexity index is 1260. The molecule has 0 atom stereocenters. The number of benzene rings is 3. The maximum Gasteiger partial charge on any atom is 0.262 e. The molecule has 0 aliphatic carbocycles. The summed E-state index contributed by atoms with van der Waals surface area (Å²) < 4.78 is 5.59. The van der Waals surface area contributed by atoms with Gasteiger partial charge in [-0.3, -0.25) is 9.59 Å². The van der Waals surface area contributed by atoms with Crippen LogP contribution in [0, 0.1) is 6.92 Å². The summed E-state index contributed by atoms with van der Waals surface area (Å²) >= 11 is 5.93. The molecule has 140 valence electrons. The van der Waals surface area contributed by atoms with E-state index in [4.69, 9.17) is 16.3 Å². The lowest BCUT2D eigenvalue weighted by atomic mass is 10.1. The second-order valence-electron chi connectivity index (χ2n) is 6.50. The van der Waals surface area contributed by atoms with E-state index in [1.807, 2.05) is 25.1 Å². The first-order valence-electron chi connectivity index (χ1n) is 8.75. The van der Waals surface area contributed by atoms with E-state index in [2.05, 4.69) is 10.3 Å². The molecule has 0 aliphatic rings. The Hall–Kier alpha value is -3.31. The van der Waals surface area contributed by atoms with Gasteiger partial charge in [0.1, 0.15) is 5.75 Å². The first-order valence-corrected chi connectivity index (χ1v) is 9.12. The van der Waals surface area contributed by atoms with Gasteiger partial charge in [0, 0.05) is 27.0 Å². The van der Waals surface area contributed by atoms with Gasteiger partial charge in [0.2, 0.25) is 0 Å². The number of aromatic amines is 1. The van der Waals surface area contributed by atoms with Gasteiger partial charge in [-0.15, -0.1) is 0 Å². The van der Waals surface area contributed by atoms with Crippen molar-refractivity contribution in [2.24, 2.45) is 0 Å². The number of pyridine rings is 1. The third kappa shape index (κ3) is 3.57. The molecule has 28 heavy (non-hydrogen) atoms. The highest BCUT2D eigenvalue weighted by Gasteiger charge is 2.09. The molecule has 1 aromatic heterocycles. The summed E-state index contributed by atoms with van der Waals surface area (Å²) in [7, 11) is 0. The number of carbonyl (C=O) groups excluding carboxylic acids is 1. The number of para-hydroxylation sites is 1. The second-order valence-corrected chi connectivity index (χ2v) is 6.94. The summed E-state index contributed by atoms with van der Waals surface area (Å²) in [6.45, 7) is 1.70. The number of fused-ring (bicyclic) bond motifs is 2. The predicted molar refractivity (Wildman–Crippen MR) is 112 cm³/mol. The zero-order valence-electron chi connectivity index (χ0n) is 15.1. The molecule has 1 amide bonds. The normalized spacial score (nSPS) is 10.9. The number of rotatable bonds is 4. The molecule has 1 heterocycles. The van der Waals surface area contributed by atoms with Gasteiger partial charge in [0.15, 0.2) is 12.0 Å². The zero-order chi connectivity index (χ0) is 19.7. The molecule has 4 rings (SSSR count). The van der Waals surface area contributed by atoms with Crippen molar-refractivity contribution in [3.63, 3.8) is 0 Å². The average molecular weight is 393 g/mol. The molecular formula is C22H17ClN2O3. The highest BCUT2D eigenvalue weighted by Crippen LogP contribution is 2.21. The van der Waals surface area contributed by atoms with Crippen molar-refractivity contribution < 1.29 is 9.53 Å². The molecule has 4 aromatic rings. The maximum atomic E-state index is 12.7. The SMILES string of the molecule is Cc1cc(Cl)ccc1NC(=O)COc1ccc2[nH]c3ccccc3c(=O)c2c1. The molecule has 0 unspecified atom stereocenters. The molecule has 3 aromatic carbocycles. The lowest BCUT2D eigenvalue weighted by Crippen LogP contribution is -2.20. The van der Waals surface area contributed by atoms with Crippen LogP contribution in [0.3, 0.4) is 0 Å². The molecule has 0 saturated carbocycles. The van der Waals surface area contributed by atoms with E-state index in [0.717, 1.165) is 16.6 Å². The molecular weight excluding hydrogens is 376 g/mol. The molecule has 0 radical (unpaired) electrons. The van der Waals surface area contributed by atoms with Crippen LogP contribution < -0.4 is 15.5 Å². The van der Waals surface area contributed by atoms with Gasteiger partial charge in [0.25, 0.3) is 5.91 Å². The molecule has 0 spiro atoms. The van der Waals surface area contributed by atoms with Gasteiger partial charge in [-0.1, -0.05) is 23.7 Å². The van der Waals surface area contributed by atoms with Gasteiger partial charge in [-0.25, -0.2) is 0 Å². The molecule has 0 fully saturated rings. The van der Waals surface area contributed by atoms with Gasteiger partial charge >= 0.3 is 0 Å². The number of H-pyrrole nitrogens is 1. The van der Waals surface area contributed by atoms with Crippen LogP contribution in [0.15, 0.2) is 65.5 Å². The number of ether oxygens (including phenoxy) is 1. The third-order valence-electron chi connectivity index (χ3n) is 4.51. The van der Waals surface area contributed by atoms with Crippen LogP contribution in [0.1, 0.15) is 5.56 Å². The number of amides is 1. The van der Waals surface area contributed by atoms with Crippen molar-refractivity contribution in [3.05, 3.63) is 81.5 Å². The largest absolute Gasteiger partial charge is 0.484 e. The van der Waals surface area contributed by atoms with E-state index in [1.165, 1.54) is 0 Å². The van der Waals surface area contributed by atoms with Gasteiger partial charge in [0.05, 0.1) is 5.52 Å². The third-order valence-corrected chi connectivity index (χ3v) is 4.74. The van der Waals surface area contributed by atoms with Gasteiger partial charge < -0.3 is 15.0 Å². The lowest BCUT2D eigenvalue weighted by molar-refractivity contribution is -0.118. The van der Waals surface area contributed by atoms with Gasteiger partial charge in [-0.2, -0.15) is 0 Å². The summed E-state index contributed by atoms with van der Waals surface area (Å²) in [6.07, 6.45) is 0. The fraction of sp³-hybridized carbons (Fsp3) is 0.0909. The zero-order valence-corrected chi connectivity index (χ0v) is 15.8. The van der Waals surface area contributed by atoms with Crippen LogP contribution in [0.4, 0.5) is 5.69 Å². The number of aryl methyl sites for hydroxylation is 1. The minimum absolute atomic E-state index is 0.0731. The topological polar surface area (TPSA) is 71.2 Å². The molecule has 0 bridgehead atoms. The van der Waals surface area contributed by atoms with Crippen LogP contribution in [0.5, 0.6) is 5.75 Å². The second kappa shape index (κ2) is 7.37. The molecule has 0 saturated heterocycles. The maximum absolute atomic E-state index is 12.7. The van der Waals surface area contributed by atoms with Crippen molar-refractivity contribution in [1.82, 2.24) is 4.98 Å². The van der Waals surface area contributed by atoms with Crippen LogP contribution in [0.2, 0.25) is 5.02 Å². The quantitative estimate of drug-likeness (QED) is 0.496. The van der Waals surface area contributed by atoms with Crippen LogP contribution >= 0.6 is 11.6 Å². The van der Waals surface area contributed by atoms with E-state index < -0.39 is 0 Å². The number of carbonyl (C=O) groups is 1. The lowest BCUT2D eigenvalue weighted by Gasteiger charge is -2.10. The molecule has 0 aliphatic heterocycles. The number of aromatic nitrogens is 1. The summed E-state index contributed by atoms with van der Waals surface area (Å²) in [5.74, 6) is 0.161. The fourth-order valence-electron chi connectivity index (χ4n) is 3.09. The van der Waals surface area contributed by atoms with Crippen LogP contribution in [-0.2, 0) is 4.79 Å². The predicted octanol–water partition coefficient (Wildman–Crippen LogP) is 4.66. The smallest absolute Gasteiger partial charge is 0.262 e. The number of hydrogen-bond donors (Lipinski definition) is 2. The Morgan fingerprint density at radius 2 is 1.82 bits per heavy atom. The van der Waals surface area contributed by atoms with E-state index in [0.29, 0.717) is 27.2 Å². The van der Waals surface area contributed by atoms with E-state index >= 15 is 0 Å². The van der Waals surface area contributed by atoms with Gasteiger partial charge in [-0.05, 0) is 61.0 Å². The molecule has 6 heteroatoms. The first-order chi connectivity index (χ1) is 13.5. The Morgan fingerprint density at radius 1 is 1.04 bits per heavy atom. The highest BCUT2D eigenvalue weighted by atomic mass is 35.5. The standard InChI is InChI=1S/C22H17ClN2O3/c1-13-10-14(23)6-8-18(13)25-21(26)12-28-15-7-9-20-17(11-15)22(27)16-4-2-3-5-19(16)24-20/h2-11H,12H2,1H3,(H,24,27)(H,25,26). The van der Waals surface area contributed by atoms with Crippen molar-refractivity contribution in [2.45, 2.75) is 6.92 Å². The number of hydrogen-bond acceptors (Lipinski definition) is 3. The Balaban J connectivity index is 1.53. The Morgan fingerprint density at radius 3 is 2.64 bits per heavy atom. The van der Waals surface area contributed by atoms with E-state index in [9.17, 15) is 9.59 Å². The number of halogens is 1. The van der Waals surface area contributed by atoms with Crippen LogP contribution in [-0.4, -0.2) is 17.5 Å². The van der Waals surface area contributed by atoms with E-state index in [-0.39, 0.29) is 17.9 Å².